The average Bonchev–Trinajstić information content (AvgIpc) is 3.33. The van der Waals surface area contributed by atoms with Crippen molar-refractivity contribution >= 4 is 16.8 Å². The van der Waals surface area contributed by atoms with Crippen LogP contribution in [0.4, 0.5) is 0 Å². The molecule has 2 fully saturated rings. The van der Waals surface area contributed by atoms with Gasteiger partial charge in [-0.05, 0) is 56.5 Å². The van der Waals surface area contributed by atoms with E-state index in [1.165, 1.54) is 5.56 Å². The molecule has 32 heavy (non-hydrogen) atoms. The fourth-order valence-corrected chi connectivity index (χ4v) is 5.86. The number of nitrogens with two attached hydrogens (primary N) is 1. The Morgan fingerprint density at radius 3 is 2.88 bits per heavy atom. The average molecular weight is 431 g/mol. The van der Waals surface area contributed by atoms with Gasteiger partial charge in [-0.2, -0.15) is 5.10 Å². The number of aromatic nitrogens is 2. The zero-order valence-electron chi connectivity index (χ0n) is 18.5. The summed E-state index contributed by atoms with van der Waals surface area (Å²) in [4.78, 5) is 11.8. The summed E-state index contributed by atoms with van der Waals surface area (Å²) in [6.07, 6.45) is 7.23. The molecule has 1 saturated heterocycles. The Balaban J connectivity index is 1.47. The van der Waals surface area contributed by atoms with E-state index in [-0.39, 0.29) is 16.9 Å². The minimum Gasteiger partial charge on any atom is -0.378 e. The number of nitrogens with zero attached hydrogens (tertiary/aromatic N) is 2. The lowest BCUT2D eigenvalue weighted by atomic mass is 9.77. The normalized spacial score (nSPS) is 25.3. The maximum atomic E-state index is 11.8. The van der Waals surface area contributed by atoms with Crippen LogP contribution in [0.5, 0.6) is 0 Å². The third-order valence-electron chi connectivity index (χ3n) is 7.47. The Kier molecular flexibility index (Phi) is 5.14. The summed E-state index contributed by atoms with van der Waals surface area (Å²) in [5.41, 5.74) is 9.19. The number of amides is 1. The van der Waals surface area contributed by atoms with Gasteiger partial charge in [-0.15, -0.1) is 6.58 Å². The fraction of sp³-hybridized carbons (Fsp3) is 0.385. The molecule has 2 heterocycles. The monoisotopic (exact) mass is 430 g/mol. The number of primary amides is 1. The number of fused-ring (bicyclic) bond motifs is 2. The van der Waals surface area contributed by atoms with Crippen molar-refractivity contribution in [1.29, 1.82) is 0 Å². The number of hydrogen-bond donors (Lipinski definition) is 2. The molecular weight excluding hydrogens is 400 g/mol. The molecule has 166 valence electrons. The molecule has 1 amide bonds. The van der Waals surface area contributed by atoms with Crippen molar-refractivity contribution in [3.05, 3.63) is 72.4 Å². The topological polar surface area (TPSA) is 82.2 Å². The number of piperidine rings is 1. The molecule has 3 aromatic rings. The van der Waals surface area contributed by atoms with E-state index in [4.69, 9.17) is 10.5 Å². The minimum absolute atomic E-state index is 0.119. The van der Waals surface area contributed by atoms with Crippen LogP contribution < -0.4 is 11.1 Å². The minimum atomic E-state index is -0.463. The van der Waals surface area contributed by atoms with E-state index in [0.717, 1.165) is 50.0 Å². The summed E-state index contributed by atoms with van der Waals surface area (Å²) in [6, 6.07) is 14.2. The van der Waals surface area contributed by atoms with Crippen LogP contribution in [0.25, 0.3) is 16.6 Å². The van der Waals surface area contributed by atoms with Gasteiger partial charge in [0.15, 0.2) is 0 Å². The van der Waals surface area contributed by atoms with Crippen molar-refractivity contribution in [2.75, 3.05) is 19.7 Å². The molecule has 2 aromatic carbocycles. The number of nitrogens with one attached hydrogen (secondary N) is 1. The second-order valence-corrected chi connectivity index (χ2v) is 9.04. The van der Waals surface area contributed by atoms with E-state index in [1.54, 1.807) is 6.07 Å². The second kappa shape index (κ2) is 7.87. The van der Waals surface area contributed by atoms with Crippen LogP contribution in [-0.4, -0.2) is 41.5 Å². The molecule has 1 saturated carbocycles. The maximum Gasteiger partial charge on any atom is 0.250 e. The molecule has 2 aliphatic rings. The molecule has 3 N–H and O–H groups in total. The first kappa shape index (κ1) is 20.9. The second-order valence-electron chi connectivity index (χ2n) is 9.04. The van der Waals surface area contributed by atoms with Gasteiger partial charge in [-0.1, -0.05) is 30.3 Å². The Morgan fingerprint density at radius 1 is 1.34 bits per heavy atom. The lowest BCUT2D eigenvalue weighted by molar-refractivity contribution is -0.00384. The third kappa shape index (κ3) is 3.09. The molecule has 0 bridgehead atoms. The summed E-state index contributed by atoms with van der Waals surface area (Å²) in [7, 11) is 0. The van der Waals surface area contributed by atoms with Crippen LogP contribution in [0.1, 0.15) is 42.1 Å². The van der Waals surface area contributed by atoms with Crippen molar-refractivity contribution in [2.24, 2.45) is 11.1 Å². The first-order chi connectivity index (χ1) is 15.5. The summed E-state index contributed by atoms with van der Waals surface area (Å²) >= 11 is 0. The van der Waals surface area contributed by atoms with Crippen LogP contribution in [0.3, 0.4) is 0 Å². The van der Waals surface area contributed by atoms with Crippen molar-refractivity contribution in [1.82, 2.24) is 15.1 Å². The third-order valence-corrected chi connectivity index (χ3v) is 7.47. The Bertz CT molecular complexity index is 1170. The summed E-state index contributed by atoms with van der Waals surface area (Å²) in [5, 5.41) is 9.14. The highest BCUT2D eigenvalue weighted by molar-refractivity contribution is 6.04. The Hall–Kier alpha value is -2.96. The highest BCUT2D eigenvalue weighted by atomic mass is 16.5. The van der Waals surface area contributed by atoms with Crippen molar-refractivity contribution < 1.29 is 9.53 Å². The lowest BCUT2D eigenvalue weighted by Crippen LogP contribution is -2.45. The molecule has 0 spiro atoms. The predicted octanol–water partition coefficient (Wildman–Crippen LogP) is 3.73. The van der Waals surface area contributed by atoms with Gasteiger partial charge in [0.1, 0.15) is 5.52 Å². The van der Waals surface area contributed by atoms with Crippen molar-refractivity contribution in [2.45, 2.75) is 37.7 Å². The summed E-state index contributed by atoms with van der Waals surface area (Å²) < 4.78 is 8.03. The van der Waals surface area contributed by atoms with Crippen LogP contribution in [0.2, 0.25) is 0 Å². The maximum absolute atomic E-state index is 11.8. The fourth-order valence-electron chi connectivity index (χ4n) is 5.86. The summed E-state index contributed by atoms with van der Waals surface area (Å²) in [6.45, 7) is 8.75. The molecule has 0 radical (unpaired) electrons. The largest absolute Gasteiger partial charge is 0.378 e. The van der Waals surface area contributed by atoms with Gasteiger partial charge in [0.05, 0.1) is 17.4 Å². The van der Waals surface area contributed by atoms with E-state index in [2.05, 4.69) is 48.2 Å². The van der Waals surface area contributed by atoms with E-state index < -0.39 is 5.91 Å². The highest BCUT2D eigenvalue weighted by Gasteiger charge is 2.71. The van der Waals surface area contributed by atoms with Crippen LogP contribution in [-0.2, 0) is 10.2 Å². The van der Waals surface area contributed by atoms with Gasteiger partial charge < -0.3 is 15.8 Å². The predicted molar refractivity (Wildman–Crippen MR) is 126 cm³/mol. The Labute approximate surface area is 188 Å². The number of carbonyl (C=O) groups is 1. The van der Waals surface area contributed by atoms with Crippen LogP contribution in [0, 0.1) is 5.41 Å². The van der Waals surface area contributed by atoms with Gasteiger partial charge in [0.25, 0.3) is 5.91 Å². The molecule has 1 aliphatic carbocycles. The van der Waals surface area contributed by atoms with Crippen molar-refractivity contribution in [3.63, 3.8) is 0 Å². The van der Waals surface area contributed by atoms with Gasteiger partial charge in [0, 0.05) is 35.6 Å². The number of carbonyl (C=O) groups excluding carboxylic acids is 1. The van der Waals surface area contributed by atoms with E-state index in [0.29, 0.717) is 11.1 Å². The van der Waals surface area contributed by atoms with Crippen molar-refractivity contribution in [3.8, 4) is 5.69 Å². The van der Waals surface area contributed by atoms with Crippen LogP contribution in [0.15, 0.2) is 61.3 Å². The number of rotatable bonds is 8. The van der Waals surface area contributed by atoms with Crippen LogP contribution >= 0.6 is 0 Å². The first-order valence-corrected chi connectivity index (χ1v) is 11.4. The lowest BCUT2D eigenvalue weighted by Gasteiger charge is -2.37. The molecule has 1 aromatic heterocycles. The number of ether oxygens (including phenoxy) is 1. The molecule has 3 unspecified atom stereocenters. The Morgan fingerprint density at radius 2 is 2.16 bits per heavy atom. The van der Waals surface area contributed by atoms with E-state index in [1.807, 2.05) is 29.1 Å². The molecule has 5 rings (SSSR count). The molecule has 6 heteroatoms. The quantitative estimate of drug-likeness (QED) is 0.534. The van der Waals surface area contributed by atoms with Gasteiger partial charge in [0.2, 0.25) is 0 Å². The zero-order chi connectivity index (χ0) is 22.3. The molecule has 1 aliphatic heterocycles. The van der Waals surface area contributed by atoms with E-state index >= 15 is 0 Å². The van der Waals surface area contributed by atoms with Gasteiger partial charge in [-0.25, -0.2) is 4.68 Å². The number of benzene rings is 2. The van der Waals surface area contributed by atoms with Gasteiger partial charge >= 0.3 is 0 Å². The summed E-state index contributed by atoms with van der Waals surface area (Å²) in [5.74, 6) is -0.463. The van der Waals surface area contributed by atoms with E-state index in [9.17, 15) is 4.79 Å². The molecule has 3 atom stereocenters. The molecular formula is C26H30N4O2. The number of hydrogen-bond acceptors (Lipinski definition) is 4. The standard InChI is InChI=1S/C26H30N4O2/c1-3-6-22(32-4-2)26-16-25(26,13-14-28-17-26)19-9-11-20(12-10-19)30-15-18-7-5-8-21(24(27)31)23(18)29-30/h3,5,7-12,15,22,28H,1,4,6,13-14,16-17H2,2H3,(H2,27,31). The first-order valence-electron chi connectivity index (χ1n) is 11.4. The zero-order valence-corrected chi connectivity index (χ0v) is 18.5. The van der Waals surface area contributed by atoms with Gasteiger partial charge in [-0.3, -0.25) is 4.79 Å². The SMILES string of the molecule is C=CCC(OCC)C12CNCCC1(c1ccc(-n3cc4cccc(C(N)=O)c4n3)cc1)C2. The highest BCUT2D eigenvalue weighted by Crippen LogP contribution is 2.70. The smallest absolute Gasteiger partial charge is 0.250 e. The molecule has 6 nitrogen and oxygen atoms in total.